The molecule has 0 spiro atoms. The van der Waals surface area contributed by atoms with Crippen molar-refractivity contribution in [1.82, 2.24) is 15.8 Å². The smallest absolute Gasteiger partial charge is 0.186 e. The number of aliphatic imine (C=N–C) groups is 2. The molecule has 0 bridgehead atoms. The second-order valence-electron chi connectivity index (χ2n) is 4.36. The Morgan fingerprint density at radius 2 is 2.28 bits per heavy atom. The van der Waals surface area contributed by atoms with E-state index >= 15 is 0 Å². The van der Waals surface area contributed by atoms with Crippen LogP contribution in [0.4, 0.5) is 10.1 Å². The molecule has 0 saturated heterocycles. The molecule has 0 saturated carbocycles. The average molecular weight is 449 g/mol. The first-order valence-corrected chi connectivity index (χ1v) is 9.79. The summed E-state index contributed by atoms with van der Waals surface area (Å²) in [7, 11) is 0. The van der Waals surface area contributed by atoms with Crippen LogP contribution in [0.5, 0.6) is 0 Å². The number of aromatic nitrogens is 2. The molecule has 2 aromatic rings. The zero-order valence-electron chi connectivity index (χ0n) is 12.9. The number of hydroxylamine groups is 1. The van der Waals surface area contributed by atoms with E-state index in [-0.39, 0.29) is 16.0 Å². The van der Waals surface area contributed by atoms with Gasteiger partial charge in [0, 0.05) is 5.75 Å². The largest absolute Gasteiger partial charge is 0.379 e. The molecule has 0 aliphatic carbocycles. The molecule has 0 radical (unpaired) electrons. The summed E-state index contributed by atoms with van der Waals surface area (Å²) in [6.45, 7) is 0.494. The minimum Gasteiger partial charge on any atom is -0.379 e. The summed E-state index contributed by atoms with van der Waals surface area (Å²) in [4.78, 5) is 8.33. The van der Waals surface area contributed by atoms with Crippen LogP contribution in [-0.2, 0) is 0 Å². The first-order valence-electron chi connectivity index (χ1n) is 6.78. The maximum atomic E-state index is 13.3. The minimum atomic E-state index is -0.415. The third kappa shape index (κ3) is 5.70. The molecule has 0 atom stereocenters. The number of hydrogen-bond acceptors (Lipinski definition) is 8. The Bertz CT molecular complexity index is 786. The van der Waals surface area contributed by atoms with Crippen LogP contribution in [0, 0.1) is 5.82 Å². The van der Waals surface area contributed by atoms with Gasteiger partial charge < -0.3 is 5.73 Å². The van der Waals surface area contributed by atoms with Gasteiger partial charge in [-0.05, 0) is 50.7 Å². The molecule has 4 N–H and O–H groups in total. The van der Waals surface area contributed by atoms with E-state index in [2.05, 4.69) is 36.2 Å². The van der Waals surface area contributed by atoms with Crippen LogP contribution in [0.2, 0.25) is 0 Å². The van der Waals surface area contributed by atoms with E-state index in [1.165, 1.54) is 41.7 Å². The third-order valence-electron chi connectivity index (χ3n) is 2.74. The first-order chi connectivity index (χ1) is 12.0. The van der Waals surface area contributed by atoms with Crippen molar-refractivity contribution in [3.05, 3.63) is 34.2 Å². The van der Waals surface area contributed by atoms with Gasteiger partial charge in [-0.25, -0.2) is 14.0 Å². The number of nitrogens with one attached hydrogen (secondary N) is 1. The van der Waals surface area contributed by atoms with Gasteiger partial charge in [0.1, 0.15) is 5.82 Å². The summed E-state index contributed by atoms with van der Waals surface area (Å²) in [6, 6.07) is 4.17. The van der Waals surface area contributed by atoms with Crippen molar-refractivity contribution < 1.29 is 14.2 Å². The third-order valence-corrected chi connectivity index (χ3v) is 4.82. The van der Waals surface area contributed by atoms with Gasteiger partial charge in [0.2, 0.25) is 0 Å². The minimum absolute atomic E-state index is 0.0226. The van der Waals surface area contributed by atoms with E-state index in [4.69, 9.17) is 10.4 Å². The first kappa shape index (κ1) is 19.7. The number of thioether (sulfide) groups is 2. The highest BCUT2D eigenvalue weighted by molar-refractivity contribution is 9.10. The number of amidine groups is 2. The monoisotopic (exact) mass is 448 g/mol. The SMILES string of the molecule is CSC(N)=NCCSc1nonc1C(=Nc1ccc(F)c(Br)c1)NO. The molecule has 1 aromatic heterocycles. The lowest BCUT2D eigenvalue weighted by atomic mass is 10.3. The van der Waals surface area contributed by atoms with Gasteiger partial charge in [-0.3, -0.25) is 15.7 Å². The molecule has 0 fully saturated rings. The Morgan fingerprint density at radius 1 is 1.48 bits per heavy atom. The van der Waals surface area contributed by atoms with E-state index in [1.54, 1.807) is 0 Å². The molecule has 25 heavy (non-hydrogen) atoms. The van der Waals surface area contributed by atoms with Crippen molar-refractivity contribution in [2.75, 3.05) is 18.6 Å². The predicted molar refractivity (Wildman–Crippen MR) is 100 cm³/mol. The average Bonchev–Trinajstić information content (AvgIpc) is 3.07. The van der Waals surface area contributed by atoms with Gasteiger partial charge >= 0.3 is 0 Å². The van der Waals surface area contributed by atoms with Gasteiger partial charge in [0.05, 0.1) is 16.7 Å². The van der Waals surface area contributed by atoms with Crippen LogP contribution in [0.25, 0.3) is 0 Å². The maximum Gasteiger partial charge on any atom is 0.186 e. The summed E-state index contributed by atoms with van der Waals surface area (Å²) in [6.07, 6.45) is 1.84. The quantitative estimate of drug-likeness (QED) is 0.202. The van der Waals surface area contributed by atoms with Gasteiger partial charge in [0.25, 0.3) is 0 Å². The van der Waals surface area contributed by atoms with Gasteiger partial charge in [-0.15, -0.1) is 0 Å². The number of hydrogen-bond donors (Lipinski definition) is 3. The Kier molecular flexibility index (Phi) is 7.68. The van der Waals surface area contributed by atoms with Crippen molar-refractivity contribution >= 4 is 56.1 Å². The number of nitrogens with two attached hydrogens (primary N) is 1. The fourth-order valence-corrected chi connectivity index (χ4v) is 2.92. The maximum absolute atomic E-state index is 13.3. The summed E-state index contributed by atoms with van der Waals surface area (Å²) in [5.41, 5.74) is 8.20. The highest BCUT2D eigenvalue weighted by atomic mass is 79.9. The molecule has 1 heterocycles. The molecule has 0 unspecified atom stereocenters. The lowest BCUT2D eigenvalue weighted by Gasteiger charge is -2.03. The van der Waals surface area contributed by atoms with Crippen LogP contribution in [-0.4, -0.2) is 45.1 Å². The van der Waals surface area contributed by atoms with Crippen LogP contribution in [0.3, 0.4) is 0 Å². The molecule has 8 nitrogen and oxygen atoms in total. The van der Waals surface area contributed by atoms with Crippen LogP contribution < -0.4 is 11.2 Å². The van der Waals surface area contributed by atoms with E-state index in [1.807, 2.05) is 11.7 Å². The Labute approximate surface area is 159 Å². The highest BCUT2D eigenvalue weighted by Crippen LogP contribution is 2.24. The second-order valence-corrected chi connectivity index (χ2v) is 7.13. The second kappa shape index (κ2) is 9.75. The Balaban J connectivity index is 2.14. The summed E-state index contributed by atoms with van der Waals surface area (Å²) in [5, 5.41) is 17.8. The molecule has 134 valence electrons. The number of halogens is 2. The Hall–Kier alpha value is -1.63. The summed E-state index contributed by atoms with van der Waals surface area (Å²) in [5.74, 6) is 0.194. The zero-order chi connectivity index (χ0) is 18.2. The van der Waals surface area contributed by atoms with Crippen molar-refractivity contribution in [1.29, 1.82) is 0 Å². The zero-order valence-corrected chi connectivity index (χ0v) is 16.2. The van der Waals surface area contributed by atoms with E-state index in [0.717, 1.165) is 0 Å². The number of nitrogens with zero attached hydrogens (tertiary/aromatic N) is 4. The van der Waals surface area contributed by atoms with Gasteiger partial charge in [-0.2, -0.15) is 0 Å². The molecule has 0 aliphatic heterocycles. The number of rotatable bonds is 6. The van der Waals surface area contributed by atoms with Crippen LogP contribution in [0.1, 0.15) is 5.69 Å². The van der Waals surface area contributed by atoms with E-state index in [0.29, 0.717) is 28.2 Å². The molecule has 1 aromatic carbocycles. The molecular weight excluding hydrogens is 435 g/mol. The molecule has 0 amide bonds. The normalized spacial score (nSPS) is 12.5. The summed E-state index contributed by atoms with van der Waals surface area (Å²) >= 11 is 5.77. The van der Waals surface area contributed by atoms with Crippen molar-refractivity contribution in [2.24, 2.45) is 15.7 Å². The Morgan fingerprint density at radius 3 is 2.96 bits per heavy atom. The molecule has 0 aliphatic rings. The predicted octanol–water partition coefficient (Wildman–Crippen LogP) is 2.80. The van der Waals surface area contributed by atoms with E-state index in [9.17, 15) is 9.60 Å². The van der Waals surface area contributed by atoms with Crippen molar-refractivity contribution in [2.45, 2.75) is 5.03 Å². The van der Waals surface area contributed by atoms with Gasteiger partial charge in [0.15, 0.2) is 21.7 Å². The van der Waals surface area contributed by atoms with Crippen molar-refractivity contribution in [3.8, 4) is 0 Å². The molecule has 12 heteroatoms. The topological polar surface area (TPSA) is 122 Å². The lowest BCUT2D eigenvalue weighted by Crippen LogP contribution is -2.21. The molecule has 2 rings (SSSR count). The highest BCUT2D eigenvalue weighted by Gasteiger charge is 2.17. The molecular formula is C13H14BrFN6O2S2. The summed E-state index contributed by atoms with van der Waals surface area (Å²) < 4.78 is 18.3. The fraction of sp³-hybridized carbons (Fsp3) is 0.231. The van der Waals surface area contributed by atoms with Crippen LogP contribution in [0.15, 0.2) is 42.3 Å². The van der Waals surface area contributed by atoms with Gasteiger partial charge in [-0.1, -0.05) is 23.5 Å². The van der Waals surface area contributed by atoms with Crippen molar-refractivity contribution in [3.63, 3.8) is 0 Å². The van der Waals surface area contributed by atoms with Crippen LogP contribution >= 0.6 is 39.5 Å². The fourth-order valence-electron chi connectivity index (χ4n) is 1.60. The standard InChI is InChI=1S/C13H14BrFN6O2S2/c1-24-13(16)17-4-5-25-12-10(20-23-21-12)11(19-22)18-7-2-3-9(15)8(14)6-7/h2-3,6,22H,4-5H2,1H3,(H2,16,17)(H,18,19). The lowest BCUT2D eigenvalue weighted by molar-refractivity contribution is 0.234. The van der Waals surface area contributed by atoms with E-state index < -0.39 is 5.82 Å². The number of benzene rings is 1.